The number of hydrogen-bond acceptors (Lipinski definition) is 5. The van der Waals surface area contributed by atoms with Crippen molar-refractivity contribution in [3.05, 3.63) is 11.3 Å². The van der Waals surface area contributed by atoms with Crippen LogP contribution in [0.4, 0.5) is 0 Å². The van der Waals surface area contributed by atoms with Gasteiger partial charge < -0.3 is 9.94 Å². The largest absolute Gasteiger partial charge is 0.500 e. The number of hydroxylamine groups is 2. The fourth-order valence-electron chi connectivity index (χ4n) is 2.31. The normalized spacial score (nSPS) is 24.2. The topological polar surface area (TPSA) is 66.8 Å². The Balaban J connectivity index is 3.33. The van der Waals surface area contributed by atoms with Crippen LogP contribution < -0.4 is 0 Å². The number of methoxy groups -OCH3 is 1. The first kappa shape index (κ1) is 14.9. The minimum atomic E-state index is -1.14. The zero-order chi connectivity index (χ0) is 14.2. The lowest BCUT2D eigenvalue weighted by atomic mass is 9.73. The summed E-state index contributed by atoms with van der Waals surface area (Å²) in [5, 5.41) is 10.8. The first-order chi connectivity index (χ1) is 8.16. The molecule has 1 unspecified atom stereocenters. The molecule has 18 heavy (non-hydrogen) atoms. The first-order valence-electron chi connectivity index (χ1n) is 5.97. The highest BCUT2D eigenvalue weighted by Crippen LogP contribution is 2.38. The molecule has 0 spiro atoms. The number of ketones is 2. The summed E-state index contributed by atoms with van der Waals surface area (Å²) in [5.74, 6) is -0.357. The van der Waals surface area contributed by atoms with Gasteiger partial charge in [-0.1, -0.05) is 0 Å². The molecule has 102 valence electrons. The van der Waals surface area contributed by atoms with Crippen molar-refractivity contribution < 1.29 is 19.5 Å². The highest BCUT2D eigenvalue weighted by molar-refractivity contribution is 6.18. The quantitative estimate of drug-likeness (QED) is 0.612. The molecule has 0 saturated carbocycles. The van der Waals surface area contributed by atoms with Gasteiger partial charge in [-0.05, 0) is 34.6 Å². The van der Waals surface area contributed by atoms with Crippen LogP contribution in [-0.4, -0.2) is 41.0 Å². The standard InChI is InChI=1S/C13H21NO4/c1-7(2)14(17)9-10(15)8(3)12(18-6)13(4,5)11(9)16/h7,9,17H,1-6H3. The van der Waals surface area contributed by atoms with E-state index in [4.69, 9.17) is 4.74 Å². The minimum absolute atomic E-state index is 0.310. The number of Topliss-reactive ketones (excluding diaryl/α,β-unsaturated/α-hetero) is 2. The second kappa shape index (κ2) is 4.82. The van der Waals surface area contributed by atoms with Gasteiger partial charge in [0.2, 0.25) is 0 Å². The van der Waals surface area contributed by atoms with E-state index in [1.54, 1.807) is 34.6 Å². The molecule has 0 aromatic heterocycles. The smallest absolute Gasteiger partial charge is 0.189 e. The first-order valence-corrected chi connectivity index (χ1v) is 5.97. The summed E-state index contributed by atoms with van der Waals surface area (Å²) in [6, 6.07) is -1.45. The van der Waals surface area contributed by atoms with Gasteiger partial charge in [-0.3, -0.25) is 9.59 Å². The third-order valence-corrected chi connectivity index (χ3v) is 3.39. The molecule has 1 N–H and O–H groups in total. The lowest BCUT2D eigenvalue weighted by Crippen LogP contribution is -2.56. The van der Waals surface area contributed by atoms with Gasteiger partial charge >= 0.3 is 0 Å². The lowest BCUT2D eigenvalue weighted by molar-refractivity contribution is -0.177. The summed E-state index contributed by atoms with van der Waals surface area (Å²) < 4.78 is 5.19. The van der Waals surface area contributed by atoms with Gasteiger partial charge in [0.1, 0.15) is 5.76 Å². The Morgan fingerprint density at radius 2 is 1.83 bits per heavy atom. The van der Waals surface area contributed by atoms with Crippen LogP contribution in [0.25, 0.3) is 0 Å². The summed E-state index contributed by atoms with van der Waals surface area (Å²) in [6.07, 6.45) is 0. The van der Waals surface area contributed by atoms with Gasteiger partial charge in [-0.25, -0.2) is 0 Å². The maximum absolute atomic E-state index is 12.4. The molecular formula is C13H21NO4. The average molecular weight is 255 g/mol. The Morgan fingerprint density at radius 1 is 1.33 bits per heavy atom. The fraction of sp³-hybridized carbons (Fsp3) is 0.692. The van der Waals surface area contributed by atoms with Crippen molar-refractivity contribution >= 4 is 11.6 Å². The van der Waals surface area contributed by atoms with Crippen molar-refractivity contribution in [1.82, 2.24) is 5.06 Å². The Kier molecular flexibility index (Phi) is 3.98. The number of allylic oxidation sites excluding steroid dienone is 1. The summed E-state index contributed by atoms with van der Waals surface area (Å²) in [7, 11) is 1.45. The Morgan fingerprint density at radius 3 is 2.22 bits per heavy atom. The van der Waals surface area contributed by atoms with Gasteiger partial charge in [0.15, 0.2) is 17.6 Å². The van der Waals surface area contributed by atoms with Gasteiger partial charge in [0.25, 0.3) is 0 Å². The van der Waals surface area contributed by atoms with Crippen molar-refractivity contribution in [3.63, 3.8) is 0 Å². The molecule has 0 fully saturated rings. The average Bonchev–Trinajstić information content (AvgIpc) is 2.27. The van der Waals surface area contributed by atoms with E-state index >= 15 is 0 Å². The molecule has 0 saturated heterocycles. The number of hydrogen-bond donors (Lipinski definition) is 1. The van der Waals surface area contributed by atoms with Gasteiger partial charge in [-0.15, -0.1) is 0 Å². The maximum Gasteiger partial charge on any atom is 0.189 e. The number of ether oxygens (including phenoxy) is 1. The molecule has 0 aromatic carbocycles. The zero-order valence-electron chi connectivity index (χ0n) is 11.8. The second-order valence-electron chi connectivity index (χ2n) is 5.39. The van der Waals surface area contributed by atoms with Gasteiger partial charge in [0, 0.05) is 11.6 Å². The summed E-state index contributed by atoms with van der Waals surface area (Å²) in [5.41, 5.74) is -0.514. The molecule has 1 aliphatic rings. The van der Waals surface area contributed by atoms with Gasteiger partial charge in [0.05, 0.1) is 12.5 Å². The summed E-state index contributed by atoms with van der Waals surface area (Å²) >= 11 is 0. The molecular weight excluding hydrogens is 234 g/mol. The zero-order valence-corrected chi connectivity index (χ0v) is 11.8. The molecule has 0 bridgehead atoms. The molecule has 0 radical (unpaired) electrons. The molecule has 0 aromatic rings. The van der Waals surface area contributed by atoms with E-state index in [1.165, 1.54) is 7.11 Å². The predicted octanol–water partition coefficient (Wildman–Crippen LogP) is 1.55. The van der Waals surface area contributed by atoms with Crippen LogP contribution >= 0.6 is 0 Å². The van der Waals surface area contributed by atoms with Crippen LogP contribution in [0.1, 0.15) is 34.6 Å². The Hall–Kier alpha value is -1.20. The third-order valence-electron chi connectivity index (χ3n) is 3.39. The highest BCUT2D eigenvalue weighted by Gasteiger charge is 2.50. The monoisotopic (exact) mass is 255 g/mol. The molecule has 5 heteroatoms. The van der Waals surface area contributed by atoms with Crippen molar-refractivity contribution in [1.29, 1.82) is 0 Å². The van der Waals surface area contributed by atoms with E-state index in [-0.39, 0.29) is 11.8 Å². The molecule has 0 heterocycles. The molecule has 1 atom stereocenters. The van der Waals surface area contributed by atoms with Crippen LogP contribution in [0.3, 0.4) is 0 Å². The molecule has 0 amide bonds. The van der Waals surface area contributed by atoms with E-state index in [2.05, 4.69) is 0 Å². The van der Waals surface area contributed by atoms with E-state index in [0.717, 1.165) is 5.06 Å². The maximum atomic E-state index is 12.4. The van der Waals surface area contributed by atoms with Crippen LogP contribution in [-0.2, 0) is 14.3 Å². The van der Waals surface area contributed by atoms with Crippen molar-refractivity contribution in [2.75, 3.05) is 7.11 Å². The predicted molar refractivity (Wildman–Crippen MR) is 66.1 cm³/mol. The minimum Gasteiger partial charge on any atom is -0.500 e. The number of rotatable bonds is 3. The van der Waals surface area contributed by atoms with Crippen LogP contribution in [0, 0.1) is 5.41 Å². The van der Waals surface area contributed by atoms with Crippen molar-refractivity contribution in [2.24, 2.45) is 5.41 Å². The van der Waals surface area contributed by atoms with Crippen LogP contribution in [0.2, 0.25) is 0 Å². The Labute approximate surface area is 107 Å². The number of nitrogens with zero attached hydrogens (tertiary/aromatic N) is 1. The summed E-state index contributed by atoms with van der Waals surface area (Å²) in [4.78, 5) is 24.6. The van der Waals surface area contributed by atoms with Crippen molar-refractivity contribution in [3.8, 4) is 0 Å². The second-order valence-corrected chi connectivity index (χ2v) is 5.39. The fourth-order valence-corrected chi connectivity index (χ4v) is 2.31. The summed E-state index contributed by atoms with van der Waals surface area (Å²) in [6.45, 7) is 8.46. The molecule has 1 aliphatic carbocycles. The van der Waals surface area contributed by atoms with E-state index in [9.17, 15) is 14.8 Å². The Bertz CT molecular complexity index is 409. The van der Waals surface area contributed by atoms with Crippen LogP contribution in [0.15, 0.2) is 11.3 Å². The van der Waals surface area contributed by atoms with E-state index < -0.39 is 17.2 Å². The van der Waals surface area contributed by atoms with Gasteiger partial charge in [-0.2, -0.15) is 5.06 Å². The molecule has 0 aliphatic heterocycles. The van der Waals surface area contributed by atoms with Crippen LogP contribution in [0.5, 0.6) is 0 Å². The highest BCUT2D eigenvalue weighted by atomic mass is 16.5. The van der Waals surface area contributed by atoms with E-state index in [1.807, 2.05) is 0 Å². The van der Waals surface area contributed by atoms with Crippen molar-refractivity contribution in [2.45, 2.75) is 46.7 Å². The van der Waals surface area contributed by atoms with E-state index in [0.29, 0.717) is 11.3 Å². The lowest BCUT2D eigenvalue weighted by Gasteiger charge is -2.38. The number of carbonyl (C=O) groups is 2. The SMILES string of the molecule is COC1=C(C)C(=O)C(N(O)C(C)C)C(=O)C1(C)C. The molecule has 1 rings (SSSR count). The molecule has 5 nitrogen and oxygen atoms in total. The third kappa shape index (κ3) is 2.08. The number of carbonyl (C=O) groups excluding carboxylic acids is 2.